The third-order valence-corrected chi connectivity index (χ3v) is 4.78. The maximum absolute atomic E-state index is 13.0. The van der Waals surface area contributed by atoms with E-state index in [0.29, 0.717) is 49.2 Å². The summed E-state index contributed by atoms with van der Waals surface area (Å²) in [7, 11) is 3.71. The molecule has 2 heterocycles. The fourth-order valence-corrected chi connectivity index (χ4v) is 3.24. The Morgan fingerprint density at radius 2 is 1.90 bits per heavy atom. The molecular weight excluding hydrogens is 429 g/mol. The van der Waals surface area contributed by atoms with Crippen molar-refractivity contribution in [3.63, 3.8) is 0 Å². The summed E-state index contributed by atoms with van der Waals surface area (Å²) in [6.07, 6.45) is -1.17. The number of aromatic nitrogens is 2. The monoisotopic (exact) mass is 452 g/mol. The average molecular weight is 453 g/mol. The van der Waals surface area contributed by atoms with Crippen LogP contribution in [-0.2, 0) is 6.18 Å². The predicted molar refractivity (Wildman–Crippen MR) is 120 cm³/mol. The predicted octanol–water partition coefficient (Wildman–Crippen LogP) is 2.06. The number of hydrogen-bond donors (Lipinski definition) is 2. The van der Waals surface area contributed by atoms with E-state index in [-0.39, 0.29) is 5.11 Å². The Morgan fingerprint density at radius 1 is 1.23 bits per heavy atom. The number of nitrogens with one attached hydrogen (secondary N) is 1. The van der Waals surface area contributed by atoms with E-state index in [0.717, 1.165) is 6.07 Å². The van der Waals surface area contributed by atoms with Gasteiger partial charge in [0.05, 0.1) is 17.3 Å². The lowest BCUT2D eigenvalue weighted by Crippen LogP contribution is -2.47. The number of halogens is 3. The van der Waals surface area contributed by atoms with Gasteiger partial charge in [-0.2, -0.15) is 23.3 Å². The highest BCUT2D eigenvalue weighted by Gasteiger charge is 2.31. The highest BCUT2D eigenvalue weighted by Crippen LogP contribution is 2.32. The van der Waals surface area contributed by atoms with E-state index < -0.39 is 11.7 Å². The minimum absolute atomic E-state index is 0.0545. The van der Waals surface area contributed by atoms with E-state index in [9.17, 15) is 13.2 Å². The summed E-state index contributed by atoms with van der Waals surface area (Å²) in [5.41, 5.74) is 8.44. The molecule has 2 aromatic rings. The lowest BCUT2D eigenvalue weighted by molar-refractivity contribution is -0.137. The summed E-state index contributed by atoms with van der Waals surface area (Å²) >= 11 is 4.72. The highest BCUT2D eigenvalue weighted by atomic mass is 32.1. The second-order valence-corrected chi connectivity index (χ2v) is 7.54. The number of piperazine rings is 1. The molecule has 3 N–H and O–H groups in total. The molecule has 31 heavy (non-hydrogen) atoms. The molecule has 1 aliphatic rings. The lowest BCUT2D eigenvalue weighted by atomic mass is 10.1. The summed E-state index contributed by atoms with van der Waals surface area (Å²) in [6.45, 7) is 2.28. The molecule has 0 saturated carbocycles. The Labute approximate surface area is 183 Å². The van der Waals surface area contributed by atoms with Crippen molar-refractivity contribution in [1.29, 1.82) is 0 Å². The van der Waals surface area contributed by atoms with Gasteiger partial charge in [-0.3, -0.25) is 5.43 Å². The van der Waals surface area contributed by atoms with Gasteiger partial charge >= 0.3 is 6.18 Å². The first-order chi connectivity index (χ1) is 14.6. The highest BCUT2D eigenvalue weighted by molar-refractivity contribution is 7.80. The SMILES string of the molecule is CN(C)c1nc(N2CCN(c3cccc(C(F)(F)F)c3)CC2)ncc1/C=N/NC(N)=S. The normalized spacial score (nSPS) is 14.7. The van der Waals surface area contributed by atoms with Crippen molar-refractivity contribution in [2.45, 2.75) is 6.18 Å². The second-order valence-electron chi connectivity index (χ2n) is 7.10. The number of hydrazone groups is 1. The summed E-state index contributed by atoms with van der Waals surface area (Å²) in [5.74, 6) is 1.21. The quantitative estimate of drug-likeness (QED) is 0.405. The Balaban J connectivity index is 1.71. The van der Waals surface area contributed by atoms with Gasteiger partial charge in [-0.25, -0.2) is 4.98 Å². The molecule has 1 saturated heterocycles. The van der Waals surface area contributed by atoms with Crippen LogP contribution in [0.1, 0.15) is 11.1 Å². The maximum Gasteiger partial charge on any atom is 0.416 e. The molecule has 0 spiro atoms. The van der Waals surface area contributed by atoms with Crippen LogP contribution in [0.25, 0.3) is 0 Å². The lowest BCUT2D eigenvalue weighted by Gasteiger charge is -2.36. The van der Waals surface area contributed by atoms with Crippen molar-refractivity contribution >= 4 is 41.0 Å². The number of anilines is 3. The van der Waals surface area contributed by atoms with Crippen molar-refractivity contribution in [2.75, 3.05) is 55.0 Å². The van der Waals surface area contributed by atoms with Crippen LogP contribution >= 0.6 is 12.2 Å². The van der Waals surface area contributed by atoms with Gasteiger partial charge in [-0.05, 0) is 30.4 Å². The van der Waals surface area contributed by atoms with Crippen LogP contribution < -0.4 is 25.9 Å². The Kier molecular flexibility index (Phi) is 6.78. The Morgan fingerprint density at radius 3 is 2.52 bits per heavy atom. The molecule has 1 aromatic carbocycles. The molecule has 0 radical (unpaired) electrons. The first kappa shape index (κ1) is 22.5. The van der Waals surface area contributed by atoms with Crippen LogP contribution in [0, 0.1) is 0 Å². The standard InChI is InChI=1S/C19H23F3N8S/c1-28(2)16-13(12-25-27-17(23)31)11-24-18(26-16)30-8-6-29(7-9-30)15-5-3-4-14(10-15)19(20,21)22/h3-5,10-12H,6-9H2,1-2H3,(H3,23,27,31)/b25-12+. The van der Waals surface area contributed by atoms with Gasteiger partial charge in [-0.1, -0.05) is 6.07 Å². The van der Waals surface area contributed by atoms with E-state index >= 15 is 0 Å². The van der Waals surface area contributed by atoms with Crippen molar-refractivity contribution in [3.8, 4) is 0 Å². The number of thiocarbonyl (C=S) groups is 1. The second kappa shape index (κ2) is 9.33. The van der Waals surface area contributed by atoms with E-state index in [4.69, 9.17) is 18.0 Å². The van der Waals surface area contributed by atoms with Gasteiger partial charge < -0.3 is 20.4 Å². The van der Waals surface area contributed by atoms with Gasteiger partial charge in [-0.15, -0.1) is 0 Å². The summed E-state index contributed by atoms with van der Waals surface area (Å²) in [5, 5.41) is 4.00. The molecule has 1 fully saturated rings. The Hall–Kier alpha value is -3.15. The zero-order valence-electron chi connectivity index (χ0n) is 17.1. The minimum Gasteiger partial charge on any atom is -0.375 e. The topological polar surface area (TPSA) is 85.9 Å². The van der Waals surface area contributed by atoms with Crippen molar-refractivity contribution in [3.05, 3.63) is 41.6 Å². The maximum atomic E-state index is 13.0. The first-order valence-electron chi connectivity index (χ1n) is 9.45. The molecule has 166 valence electrons. The van der Waals surface area contributed by atoms with Crippen LogP contribution in [0.3, 0.4) is 0 Å². The number of rotatable bonds is 5. The first-order valence-corrected chi connectivity index (χ1v) is 9.86. The van der Waals surface area contributed by atoms with E-state index in [1.165, 1.54) is 18.3 Å². The molecule has 0 aliphatic carbocycles. The molecule has 0 atom stereocenters. The molecule has 0 unspecified atom stereocenters. The zero-order valence-corrected chi connectivity index (χ0v) is 17.9. The van der Waals surface area contributed by atoms with Gasteiger partial charge in [0.1, 0.15) is 5.82 Å². The van der Waals surface area contributed by atoms with Gasteiger partial charge in [0.15, 0.2) is 5.11 Å². The molecule has 1 aliphatic heterocycles. The fraction of sp³-hybridized carbons (Fsp3) is 0.368. The van der Waals surface area contributed by atoms with Crippen molar-refractivity contribution in [1.82, 2.24) is 15.4 Å². The van der Waals surface area contributed by atoms with Gasteiger partial charge in [0.25, 0.3) is 0 Å². The molecule has 3 rings (SSSR count). The number of nitrogens with zero attached hydrogens (tertiary/aromatic N) is 6. The Bertz CT molecular complexity index is 955. The van der Waals surface area contributed by atoms with E-state index in [2.05, 4.69) is 20.5 Å². The van der Waals surface area contributed by atoms with Crippen LogP contribution in [0.5, 0.6) is 0 Å². The molecule has 12 heteroatoms. The van der Waals surface area contributed by atoms with Crippen LogP contribution in [-0.4, -0.2) is 61.6 Å². The van der Waals surface area contributed by atoms with Crippen LogP contribution in [0.15, 0.2) is 35.6 Å². The van der Waals surface area contributed by atoms with Crippen molar-refractivity contribution in [2.24, 2.45) is 10.8 Å². The zero-order chi connectivity index (χ0) is 22.6. The number of hydrogen-bond acceptors (Lipinski definition) is 7. The molecular formula is C19H23F3N8S. The third-order valence-electron chi connectivity index (χ3n) is 4.69. The van der Waals surface area contributed by atoms with E-state index in [1.54, 1.807) is 12.3 Å². The van der Waals surface area contributed by atoms with Crippen LogP contribution in [0.2, 0.25) is 0 Å². The summed E-state index contributed by atoms with van der Waals surface area (Å²) in [4.78, 5) is 14.8. The van der Waals surface area contributed by atoms with Crippen LogP contribution in [0.4, 0.5) is 30.6 Å². The molecule has 1 aromatic heterocycles. The van der Waals surface area contributed by atoms with Crippen molar-refractivity contribution < 1.29 is 13.2 Å². The third kappa shape index (κ3) is 5.72. The minimum atomic E-state index is -4.36. The van der Waals surface area contributed by atoms with Gasteiger partial charge in [0.2, 0.25) is 5.95 Å². The number of benzene rings is 1. The largest absolute Gasteiger partial charge is 0.416 e. The number of alkyl halides is 3. The number of nitrogens with two attached hydrogens (primary N) is 1. The fourth-order valence-electron chi connectivity index (χ4n) is 3.18. The summed E-state index contributed by atoms with van der Waals surface area (Å²) < 4.78 is 39.0. The summed E-state index contributed by atoms with van der Waals surface area (Å²) in [6, 6.07) is 5.40. The molecule has 8 nitrogen and oxygen atoms in total. The molecule has 0 amide bonds. The smallest absolute Gasteiger partial charge is 0.375 e. The molecule has 0 bridgehead atoms. The average Bonchev–Trinajstić information content (AvgIpc) is 2.73. The van der Waals surface area contributed by atoms with E-state index in [1.807, 2.05) is 28.8 Å². The van der Waals surface area contributed by atoms with Gasteiger partial charge in [0, 0.05) is 52.2 Å².